The summed E-state index contributed by atoms with van der Waals surface area (Å²) in [6, 6.07) is 7.61. The molecule has 2 rings (SSSR count). The van der Waals surface area contributed by atoms with Crippen LogP contribution in [0.2, 0.25) is 0 Å². The van der Waals surface area contributed by atoms with Gasteiger partial charge in [-0.15, -0.1) is 0 Å². The predicted octanol–water partition coefficient (Wildman–Crippen LogP) is 2.22. The van der Waals surface area contributed by atoms with E-state index in [2.05, 4.69) is 16.7 Å². The fraction of sp³-hybridized carbons (Fsp3) is 0.647. The van der Waals surface area contributed by atoms with E-state index in [1.165, 1.54) is 0 Å². The van der Waals surface area contributed by atoms with Gasteiger partial charge in [0.25, 0.3) is 6.43 Å². The van der Waals surface area contributed by atoms with Crippen molar-refractivity contribution in [3.63, 3.8) is 0 Å². The smallest absolute Gasteiger partial charge is 0.272 e. The minimum atomic E-state index is -2.45. The standard InChI is InChI=1S/C17H26F2N2O2/c1-2-15(12-22)21-9-7-20(8-10-21)11-14-3-5-16(6-4-14)23-13-17(18)19/h3-6,15,17,22H,2,7-13H2,1H3. The average molecular weight is 328 g/mol. The Kier molecular flexibility index (Phi) is 7.20. The van der Waals surface area contributed by atoms with Gasteiger partial charge in [0.1, 0.15) is 12.4 Å². The van der Waals surface area contributed by atoms with Gasteiger partial charge >= 0.3 is 0 Å². The third-order valence-corrected chi connectivity index (χ3v) is 4.31. The molecule has 1 aliphatic heterocycles. The number of ether oxygens (including phenoxy) is 1. The summed E-state index contributed by atoms with van der Waals surface area (Å²) < 4.78 is 29.2. The van der Waals surface area contributed by atoms with Crippen molar-refractivity contribution in [3.8, 4) is 5.75 Å². The second-order valence-electron chi connectivity index (χ2n) is 5.90. The van der Waals surface area contributed by atoms with E-state index in [1.807, 2.05) is 12.1 Å². The van der Waals surface area contributed by atoms with Crippen molar-refractivity contribution < 1.29 is 18.6 Å². The number of alkyl halides is 2. The Morgan fingerprint density at radius 1 is 1.13 bits per heavy atom. The maximum Gasteiger partial charge on any atom is 0.272 e. The first kappa shape index (κ1) is 18.1. The minimum Gasteiger partial charge on any atom is -0.488 e. The molecule has 1 heterocycles. The zero-order valence-electron chi connectivity index (χ0n) is 13.6. The lowest BCUT2D eigenvalue weighted by Gasteiger charge is -2.38. The van der Waals surface area contributed by atoms with Crippen LogP contribution in [0.1, 0.15) is 18.9 Å². The Bertz CT molecular complexity index is 444. The summed E-state index contributed by atoms with van der Waals surface area (Å²) in [7, 11) is 0. The summed E-state index contributed by atoms with van der Waals surface area (Å²) in [6.45, 7) is 6.48. The maximum absolute atomic E-state index is 12.1. The molecule has 6 heteroatoms. The third kappa shape index (κ3) is 5.71. The second-order valence-corrected chi connectivity index (χ2v) is 5.90. The molecule has 0 aliphatic carbocycles. The molecule has 1 saturated heterocycles. The monoisotopic (exact) mass is 328 g/mol. The van der Waals surface area contributed by atoms with E-state index in [0.29, 0.717) is 5.75 Å². The Morgan fingerprint density at radius 2 is 1.78 bits per heavy atom. The Labute approximate surface area is 136 Å². The van der Waals surface area contributed by atoms with Crippen LogP contribution < -0.4 is 4.74 Å². The van der Waals surface area contributed by atoms with Crippen molar-refractivity contribution >= 4 is 0 Å². The Balaban J connectivity index is 1.77. The first-order chi connectivity index (χ1) is 11.1. The first-order valence-electron chi connectivity index (χ1n) is 8.19. The van der Waals surface area contributed by atoms with E-state index in [-0.39, 0.29) is 12.6 Å². The molecule has 0 saturated carbocycles. The highest BCUT2D eigenvalue weighted by molar-refractivity contribution is 5.27. The summed E-state index contributed by atoms with van der Waals surface area (Å²) >= 11 is 0. The SMILES string of the molecule is CCC(CO)N1CCN(Cc2ccc(OCC(F)F)cc2)CC1. The molecular formula is C17H26F2N2O2. The Morgan fingerprint density at radius 3 is 2.30 bits per heavy atom. The highest BCUT2D eigenvalue weighted by Crippen LogP contribution is 2.16. The van der Waals surface area contributed by atoms with Gasteiger partial charge in [-0.05, 0) is 24.1 Å². The van der Waals surface area contributed by atoms with E-state index in [1.54, 1.807) is 12.1 Å². The number of halogens is 2. The summed E-state index contributed by atoms with van der Waals surface area (Å²) in [5.41, 5.74) is 1.15. The number of aliphatic hydroxyl groups is 1. The van der Waals surface area contributed by atoms with Crippen LogP contribution in [-0.2, 0) is 6.54 Å². The zero-order valence-corrected chi connectivity index (χ0v) is 13.6. The van der Waals surface area contributed by atoms with Crippen LogP contribution in [-0.4, -0.2) is 66.8 Å². The van der Waals surface area contributed by atoms with E-state index in [4.69, 9.17) is 4.74 Å². The van der Waals surface area contributed by atoms with Gasteiger partial charge in [0, 0.05) is 38.8 Å². The quantitative estimate of drug-likeness (QED) is 0.794. The van der Waals surface area contributed by atoms with Crippen LogP contribution in [0.15, 0.2) is 24.3 Å². The van der Waals surface area contributed by atoms with Gasteiger partial charge in [0.15, 0.2) is 0 Å². The number of benzene rings is 1. The molecule has 4 nitrogen and oxygen atoms in total. The first-order valence-corrected chi connectivity index (χ1v) is 8.19. The number of piperazine rings is 1. The van der Waals surface area contributed by atoms with Gasteiger partial charge in [-0.3, -0.25) is 9.80 Å². The number of hydrogen-bond donors (Lipinski definition) is 1. The second kappa shape index (κ2) is 9.15. The summed E-state index contributed by atoms with van der Waals surface area (Å²) in [5, 5.41) is 9.37. The molecule has 1 aromatic carbocycles. The summed E-state index contributed by atoms with van der Waals surface area (Å²) in [4.78, 5) is 4.72. The molecule has 0 spiro atoms. The van der Waals surface area contributed by atoms with Crippen LogP contribution in [0, 0.1) is 0 Å². The fourth-order valence-electron chi connectivity index (χ4n) is 2.90. The van der Waals surface area contributed by atoms with Crippen molar-refractivity contribution in [2.45, 2.75) is 32.4 Å². The van der Waals surface area contributed by atoms with Crippen molar-refractivity contribution in [3.05, 3.63) is 29.8 Å². The molecule has 1 unspecified atom stereocenters. The van der Waals surface area contributed by atoms with Crippen molar-refractivity contribution in [1.82, 2.24) is 9.80 Å². The molecule has 1 fully saturated rings. The highest BCUT2D eigenvalue weighted by Gasteiger charge is 2.22. The average Bonchev–Trinajstić information content (AvgIpc) is 2.57. The molecule has 0 radical (unpaired) electrons. The van der Waals surface area contributed by atoms with Gasteiger partial charge in [-0.25, -0.2) is 8.78 Å². The molecule has 1 N–H and O–H groups in total. The van der Waals surface area contributed by atoms with E-state index in [9.17, 15) is 13.9 Å². The topological polar surface area (TPSA) is 35.9 Å². The van der Waals surface area contributed by atoms with Gasteiger partial charge in [-0.1, -0.05) is 19.1 Å². The molecule has 130 valence electrons. The molecule has 0 aromatic heterocycles. The van der Waals surface area contributed by atoms with E-state index >= 15 is 0 Å². The lowest BCUT2D eigenvalue weighted by atomic mass is 10.1. The zero-order chi connectivity index (χ0) is 16.7. The van der Waals surface area contributed by atoms with Crippen LogP contribution in [0.5, 0.6) is 5.75 Å². The molecule has 0 bridgehead atoms. The predicted molar refractivity (Wildman–Crippen MR) is 86.0 cm³/mol. The maximum atomic E-state index is 12.1. The lowest BCUT2D eigenvalue weighted by molar-refractivity contribution is 0.0608. The summed E-state index contributed by atoms with van der Waals surface area (Å²) in [6.07, 6.45) is -1.48. The van der Waals surface area contributed by atoms with Gasteiger partial charge < -0.3 is 9.84 Å². The largest absolute Gasteiger partial charge is 0.488 e. The lowest BCUT2D eigenvalue weighted by Crippen LogP contribution is -2.50. The minimum absolute atomic E-state index is 0.219. The van der Waals surface area contributed by atoms with Gasteiger partial charge in [0.05, 0.1) is 6.61 Å². The van der Waals surface area contributed by atoms with Gasteiger partial charge in [0.2, 0.25) is 0 Å². The number of hydrogen-bond acceptors (Lipinski definition) is 4. The molecule has 1 aliphatic rings. The molecule has 0 amide bonds. The van der Waals surface area contributed by atoms with Crippen LogP contribution in [0.4, 0.5) is 8.78 Å². The molecule has 23 heavy (non-hydrogen) atoms. The highest BCUT2D eigenvalue weighted by atomic mass is 19.3. The molecular weight excluding hydrogens is 302 g/mol. The van der Waals surface area contributed by atoms with Crippen molar-refractivity contribution in [2.24, 2.45) is 0 Å². The van der Waals surface area contributed by atoms with E-state index in [0.717, 1.165) is 44.7 Å². The molecule has 1 atom stereocenters. The number of nitrogens with zero attached hydrogens (tertiary/aromatic N) is 2. The molecule has 1 aromatic rings. The van der Waals surface area contributed by atoms with E-state index < -0.39 is 13.0 Å². The van der Waals surface area contributed by atoms with Crippen molar-refractivity contribution in [2.75, 3.05) is 39.4 Å². The number of aliphatic hydroxyl groups excluding tert-OH is 1. The van der Waals surface area contributed by atoms with Gasteiger partial charge in [-0.2, -0.15) is 0 Å². The number of rotatable bonds is 8. The van der Waals surface area contributed by atoms with Crippen LogP contribution >= 0.6 is 0 Å². The van der Waals surface area contributed by atoms with Crippen LogP contribution in [0.25, 0.3) is 0 Å². The fourth-order valence-corrected chi connectivity index (χ4v) is 2.90. The summed E-state index contributed by atoms with van der Waals surface area (Å²) in [5.74, 6) is 0.479. The Hall–Kier alpha value is -1.24. The normalized spacial score (nSPS) is 18.3. The van der Waals surface area contributed by atoms with Crippen LogP contribution in [0.3, 0.4) is 0 Å². The third-order valence-electron chi connectivity index (χ3n) is 4.31. The van der Waals surface area contributed by atoms with Crippen molar-refractivity contribution in [1.29, 1.82) is 0 Å².